The molecule has 4 N–H and O–H groups in total. The number of hydrogen-bond donors (Lipinski definition) is 4. The lowest BCUT2D eigenvalue weighted by atomic mass is 10.0. The molecule has 7 heteroatoms. The molecule has 4 rings (SSSR count). The normalized spacial score (nSPS) is 18.6. The van der Waals surface area contributed by atoms with Crippen LogP contribution in [0.4, 0.5) is 0 Å². The van der Waals surface area contributed by atoms with Crippen molar-refractivity contribution in [2.45, 2.75) is 18.5 Å². The molecule has 0 aliphatic carbocycles. The maximum Gasteiger partial charge on any atom is 0.269 e. The minimum atomic E-state index is -0.429. The van der Waals surface area contributed by atoms with Gasteiger partial charge in [0, 0.05) is 29.7 Å². The third-order valence-electron chi connectivity index (χ3n) is 4.75. The molecule has 1 saturated heterocycles. The lowest BCUT2D eigenvalue weighted by molar-refractivity contribution is -0.123. The molecule has 7 nitrogen and oxygen atoms in total. The van der Waals surface area contributed by atoms with E-state index >= 15 is 0 Å². The smallest absolute Gasteiger partial charge is 0.269 e. The quantitative estimate of drug-likeness (QED) is 0.524. The Kier molecular flexibility index (Phi) is 5.18. The van der Waals surface area contributed by atoms with Crippen molar-refractivity contribution < 1.29 is 9.59 Å². The first-order chi connectivity index (χ1) is 13.7. The van der Waals surface area contributed by atoms with Crippen molar-refractivity contribution in [3.8, 4) is 5.69 Å². The van der Waals surface area contributed by atoms with Crippen LogP contribution in [0.15, 0.2) is 79.1 Å². The fourth-order valence-corrected chi connectivity index (χ4v) is 3.20. The summed E-state index contributed by atoms with van der Waals surface area (Å²) >= 11 is 0. The molecule has 1 aliphatic rings. The number of benzene rings is 2. The van der Waals surface area contributed by atoms with Gasteiger partial charge in [-0.15, -0.1) is 0 Å². The predicted molar refractivity (Wildman–Crippen MR) is 105 cm³/mol. The van der Waals surface area contributed by atoms with Crippen molar-refractivity contribution in [1.29, 1.82) is 0 Å². The summed E-state index contributed by atoms with van der Waals surface area (Å²) in [6.45, 7) is 0. The van der Waals surface area contributed by atoms with E-state index in [-0.39, 0.29) is 17.9 Å². The highest BCUT2D eigenvalue weighted by Gasteiger charge is 2.30. The zero-order valence-corrected chi connectivity index (χ0v) is 15.1. The number of rotatable bonds is 4. The first kappa shape index (κ1) is 18.0. The standard InChI is InChI=1S/C21H21N5O2/c27-20(16-8-10-17(11-9-16)26-12-4-5-13-26)24-25-21(28)19-14-18(22-23-19)15-6-2-1-3-7-15/h1-13,18-19,22-23H,14H2,(H,24,27)(H,25,28). The fourth-order valence-electron chi connectivity index (χ4n) is 3.20. The van der Waals surface area contributed by atoms with Crippen molar-refractivity contribution in [2.75, 3.05) is 0 Å². The number of amides is 2. The van der Waals surface area contributed by atoms with E-state index in [1.165, 1.54) is 0 Å². The molecular weight excluding hydrogens is 354 g/mol. The Balaban J connectivity index is 1.29. The summed E-state index contributed by atoms with van der Waals surface area (Å²) in [5, 5.41) is 0. The second kappa shape index (κ2) is 8.08. The number of carbonyl (C=O) groups excluding carboxylic acids is 2. The summed E-state index contributed by atoms with van der Waals surface area (Å²) < 4.78 is 1.95. The van der Waals surface area contributed by atoms with E-state index in [0.29, 0.717) is 12.0 Å². The first-order valence-electron chi connectivity index (χ1n) is 9.10. The van der Waals surface area contributed by atoms with E-state index in [0.717, 1.165) is 11.3 Å². The van der Waals surface area contributed by atoms with Crippen molar-refractivity contribution in [1.82, 2.24) is 26.3 Å². The first-order valence-corrected chi connectivity index (χ1v) is 9.10. The molecule has 0 bridgehead atoms. The van der Waals surface area contributed by atoms with Crippen molar-refractivity contribution in [3.63, 3.8) is 0 Å². The van der Waals surface area contributed by atoms with E-state index in [1.807, 2.05) is 71.6 Å². The number of aromatic nitrogens is 1. The van der Waals surface area contributed by atoms with Crippen LogP contribution in [-0.4, -0.2) is 22.4 Å². The van der Waals surface area contributed by atoms with E-state index in [2.05, 4.69) is 21.7 Å². The Labute approximate surface area is 162 Å². The summed E-state index contributed by atoms with van der Waals surface area (Å²) in [5.41, 5.74) is 13.6. The number of nitrogens with zero attached hydrogens (tertiary/aromatic N) is 1. The van der Waals surface area contributed by atoms with Crippen molar-refractivity contribution in [3.05, 3.63) is 90.3 Å². The summed E-state index contributed by atoms with van der Waals surface area (Å²) in [4.78, 5) is 24.6. The SMILES string of the molecule is O=C(NNC(=O)C1CC(c2ccccc2)NN1)c1ccc(-n2cccc2)cc1. The monoisotopic (exact) mass is 375 g/mol. The molecule has 142 valence electrons. The summed E-state index contributed by atoms with van der Waals surface area (Å²) in [6.07, 6.45) is 4.46. The van der Waals surface area contributed by atoms with Crippen LogP contribution in [0.1, 0.15) is 28.4 Å². The third kappa shape index (κ3) is 3.95. The Morgan fingerprint density at radius 3 is 2.29 bits per heavy atom. The van der Waals surface area contributed by atoms with Crippen LogP contribution < -0.4 is 21.7 Å². The van der Waals surface area contributed by atoms with Gasteiger partial charge in [0.05, 0.1) is 0 Å². The summed E-state index contributed by atoms with van der Waals surface area (Å²) in [6, 6.07) is 20.5. The Bertz CT molecular complexity index is 939. The molecule has 0 spiro atoms. The minimum absolute atomic E-state index is 0.0499. The van der Waals surface area contributed by atoms with Crippen LogP contribution in [0.2, 0.25) is 0 Å². The predicted octanol–water partition coefficient (Wildman–Crippen LogP) is 1.85. The van der Waals surface area contributed by atoms with E-state index in [9.17, 15) is 9.59 Å². The zero-order valence-electron chi connectivity index (χ0n) is 15.1. The van der Waals surface area contributed by atoms with E-state index in [1.54, 1.807) is 12.1 Å². The molecule has 2 heterocycles. The minimum Gasteiger partial charge on any atom is -0.324 e. The largest absolute Gasteiger partial charge is 0.324 e. The summed E-state index contributed by atoms with van der Waals surface area (Å²) in [7, 11) is 0. The second-order valence-electron chi connectivity index (χ2n) is 6.62. The molecule has 2 aromatic carbocycles. The lowest BCUT2D eigenvalue weighted by Gasteiger charge is -2.12. The number of hydrogen-bond acceptors (Lipinski definition) is 4. The van der Waals surface area contributed by atoms with Crippen LogP contribution in [0, 0.1) is 0 Å². The molecule has 0 radical (unpaired) electrons. The zero-order chi connectivity index (χ0) is 19.3. The van der Waals surface area contributed by atoms with Crippen LogP contribution in [0.3, 0.4) is 0 Å². The van der Waals surface area contributed by atoms with Gasteiger partial charge in [0.1, 0.15) is 6.04 Å². The van der Waals surface area contributed by atoms with Gasteiger partial charge < -0.3 is 4.57 Å². The van der Waals surface area contributed by atoms with Crippen LogP contribution in [-0.2, 0) is 4.79 Å². The highest BCUT2D eigenvalue weighted by molar-refractivity contribution is 5.96. The van der Waals surface area contributed by atoms with E-state index < -0.39 is 6.04 Å². The van der Waals surface area contributed by atoms with E-state index in [4.69, 9.17) is 0 Å². The molecule has 1 aliphatic heterocycles. The number of hydrazine groups is 2. The highest BCUT2D eigenvalue weighted by atomic mass is 16.2. The Morgan fingerprint density at radius 1 is 0.857 bits per heavy atom. The Hall–Kier alpha value is -3.42. The topological polar surface area (TPSA) is 87.2 Å². The number of nitrogens with one attached hydrogen (secondary N) is 4. The van der Waals surface area contributed by atoms with Crippen LogP contribution in [0.5, 0.6) is 0 Å². The molecule has 1 fully saturated rings. The maximum absolute atomic E-state index is 12.3. The molecule has 0 saturated carbocycles. The van der Waals surface area contributed by atoms with Gasteiger partial charge in [0.25, 0.3) is 11.8 Å². The van der Waals surface area contributed by atoms with Crippen LogP contribution >= 0.6 is 0 Å². The molecule has 28 heavy (non-hydrogen) atoms. The average Bonchev–Trinajstić information content (AvgIpc) is 3.45. The van der Waals surface area contributed by atoms with Crippen molar-refractivity contribution >= 4 is 11.8 Å². The summed E-state index contributed by atoms with van der Waals surface area (Å²) in [5.74, 6) is -0.652. The molecule has 2 unspecified atom stereocenters. The molecular formula is C21H21N5O2. The lowest BCUT2D eigenvalue weighted by Crippen LogP contribution is -2.50. The van der Waals surface area contributed by atoms with Crippen molar-refractivity contribution in [2.24, 2.45) is 0 Å². The number of carbonyl (C=O) groups is 2. The molecule has 2 atom stereocenters. The van der Waals surface area contributed by atoms with Gasteiger partial charge in [-0.2, -0.15) is 0 Å². The third-order valence-corrected chi connectivity index (χ3v) is 4.75. The van der Waals surface area contributed by atoms with Gasteiger partial charge in [0.15, 0.2) is 0 Å². The van der Waals surface area contributed by atoms with Gasteiger partial charge in [-0.25, -0.2) is 10.9 Å². The second-order valence-corrected chi connectivity index (χ2v) is 6.62. The fraction of sp³-hybridized carbons (Fsp3) is 0.143. The Morgan fingerprint density at radius 2 is 1.57 bits per heavy atom. The average molecular weight is 375 g/mol. The van der Waals surface area contributed by atoms with Crippen LogP contribution in [0.25, 0.3) is 5.69 Å². The van der Waals surface area contributed by atoms with Gasteiger partial charge >= 0.3 is 0 Å². The highest BCUT2D eigenvalue weighted by Crippen LogP contribution is 2.21. The van der Waals surface area contributed by atoms with Gasteiger partial charge in [0.2, 0.25) is 0 Å². The molecule has 3 aromatic rings. The maximum atomic E-state index is 12.3. The molecule has 1 aromatic heterocycles. The van der Waals surface area contributed by atoms with Gasteiger partial charge in [-0.1, -0.05) is 30.3 Å². The van der Waals surface area contributed by atoms with Gasteiger partial charge in [-0.3, -0.25) is 20.4 Å². The molecule has 2 amide bonds. The van der Waals surface area contributed by atoms with Gasteiger partial charge in [-0.05, 0) is 48.4 Å².